The van der Waals surface area contributed by atoms with Gasteiger partial charge in [0, 0.05) is 24.8 Å². The number of thioether (sulfide) groups is 1. The average Bonchev–Trinajstić information content (AvgIpc) is 2.78. The van der Waals surface area contributed by atoms with Crippen LogP contribution in [0.1, 0.15) is 5.69 Å². The van der Waals surface area contributed by atoms with Gasteiger partial charge in [-0.25, -0.2) is 4.98 Å². The van der Waals surface area contributed by atoms with Gasteiger partial charge in [-0.3, -0.25) is 9.59 Å². The van der Waals surface area contributed by atoms with Crippen molar-refractivity contribution in [1.82, 2.24) is 14.9 Å². The van der Waals surface area contributed by atoms with Crippen molar-refractivity contribution < 1.29 is 4.79 Å². The van der Waals surface area contributed by atoms with Crippen LogP contribution in [-0.4, -0.2) is 39.6 Å². The van der Waals surface area contributed by atoms with E-state index < -0.39 is 0 Å². The highest BCUT2D eigenvalue weighted by molar-refractivity contribution is 7.99. The number of H-pyrrole nitrogens is 1. The van der Waals surface area contributed by atoms with Crippen LogP contribution in [0.4, 0.5) is 0 Å². The lowest BCUT2D eigenvalue weighted by molar-refractivity contribution is -0.127. The van der Waals surface area contributed by atoms with Crippen LogP contribution in [-0.2, 0) is 4.79 Å². The van der Waals surface area contributed by atoms with E-state index in [0.29, 0.717) is 29.7 Å². The van der Waals surface area contributed by atoms with Gasteiger partial charge in [0.05, 0.1) is 5.75 Å². The minimum Gasteiger partial charge on any atom is -0.335 e. The molecule has 0 unspecified atom stereocenters. The van der Waals surface area contributed by atoms with E-state index in [0.717, 1.165) is 0 Å². The van der Waals surface area contributed by atoms with Crippen molar-refractivity contribution in [1.29, 1.82) is 0 Å². The number of carbonyl (C=O) groups excluding carboxylic acids is 1. The molecule has 90 valence electrons. The van der Waals surface area contributed by atoms with Crippen LogP contribution in [0.25, 0.3) is 0 Å². The van der Waals surface area contributed by atoms with Crippen molar-refractivity contribution in [2.24, 2.45) is 0 Å². The van der Waals surface area contributed by atoms with Crippen molar-refractivity contribution in [2.75, 3.05) is 18.8 Å². The fourth-order valence-corrected chi connectivity index (χ4v) is 2.35. The molecule has 1 aliphatic heterocycles. The molecule has 1 aliphatic rings. The van der Waals surface area contributed by atoms with Gasteiger partial charge in [0.2, 0.25) is 5.91 Å². The molecule has 0 spiro atoms. The first-order chi connectivity index (χ1) is 8.15. The fraction of sp³-hybridized carbons (Fsp3) is 0.364. The molecule has 1 aromatic rings. The number of aromatic amines is 1. The van der Waals surface area contributed by atoms with Crippen molar-refractivity contribution in [2.45, 2.75) is 12.1 Å². The molecule has 0 atom stereocenters. The number of aryl methyl sites for hydroxylation is 1. The maximum atomic E-state index is 11.7. The van der Waals surface area contributed by atoms with Crippen molar-refractivity contribution in [3.8, 4) is 0 Å². The molecule has 0 saturated carbocycles. The van der Waals surface area contributed by atoms with E-state index in [2.05, 4.69) is 9.97 Å². The Labute approximate surface area is 103 Å². The standard InChI is InChI=1S/C11H13N3O2S/c1-8-6-9(15)13-11(12-8)17-7-10(16)14-4-2-3-5-14/h2-3,6H,4-5,7H2,1H3,(H,12,13,15). The second-order valence-electron chi connectivity index (χ2n) is 3.75. The van der Waals surface area contributed by atoms with Gasteiger partial charge in [-0.05, 0) is 6.92 Å². The van der Waals surface area contributed by atoms with Gasteiger partial charge in [-0.2, -0.15) is 0 Å². The highest BCUT2D eigenvalue weighted by Crippen LogP contribution is 2.13. The molecular weight excluding hydrogens is 238 g/mol. The van der Waals surface area contributed by atoms with Crippen LogP contribution in [0.2, 0.25) is 0 Å². The monoisotopic (exact) mass is 251 g/mol. The maximum Gasteiger partial charge on any atom is 0.251 e. The molecule has 6 heteroatoms. The lowest BCUT2D eigenvalue weighted by atomic mass is 10.5. The third-order valence-corrected chi connectivity index (χ3v) is 3.21. The summed E-state index contributed by atoms with van der Waals surface area (Å²) < 4.78 is 0. The van der Waals surface area contributed by atoms with Crippen LogP contribution in [0.15, 0.2) is 28.2 Å². The maximum absolute atomic E-state index is 11.7. The fourth-order valence-electron chi connectivity index (χ4n) is 1.52. The van der Waals surface area contributed by atoms with Crippen LogP contribution in [0.5, 0.6) is 0 Å². The molecule has 17 heavy (non-hydrogen) atoms. The second-order valence-corrected chi connectivity index (χ2v) is 4.71. The lowest BCUT2D eigenvalue weighted by Gasteiger charge is -2.14. The van der Waals surface area contributed by atoms with E-state index in [9.17, 15) is 9.59 Å². The Morgan fingerprint density at radius 1 is 1.53 bits per heavy atom. The predicted octanol–water partition coefficient (Wildman–Crippen LogP) is 0.569. The van der Waals surface area contributed by atoms with Gasteiger partial charge < -0.3 is 9.88 Å². The normalized spacial score (nSPS) is 14.3. The summed E-state index contributed by atoms with van der Waals surface area (Å²) in [6, 6.07) is 1.43. The Morgan fingerprint density at radius 3 is 2.88 bits per heavy atom. The highest BCUT2D eigenvalue weighted by atomic mass is 32.2. The van der Waals surface area contributed by atoms with Gasteiger partial charge in [0.25, 0.3) is 5.56 Å². The topological polar surface area (TPSA) is 66.1 Å². The molecule has 1 aromatic heterocycles. The Kier molecular flexibility index (Phi) is 3.63. The van der Waals surface area contributed by atoms with Crippen molar-refractivity contribution in [3.63, 3.8) is 0 Å². The van der Waals surface area contributed by atoms with Crippen LogP contribution in [0, 0.1) is 6.92 Å². The highest BCUT2D eigenvalue weighted by Gasteiger charge is 2.14. The second kappa shape index (κ2) is 5.18. The number of aromatic nitrogens is 2. The quantitative estimate of drug-likeness (QED) is 0.484. The lowest BCUT2D eigenvalue weighted by Crippen LogP contribution is -2.29. The smallest absolute Gasteiger partial charge is 0.251 e. The van der Waals surface area contributed by atoms with Crippen molar-refractivity contribution in [3.05, 3.63) is 34.3 Å². The molecule has 0 fully saturated rings. The Bertz CT molecular complexity index is 502. The zero-order chi connectivity index (χ0) is 12.3. The number of nitrogens with one attached hydrogen (secondary N) is 1. The molecule has 0 bridgehead atoms. The first-order valence-electron chi connectivity index (χ1n) is 5.29. The third kappa shape index (κ3) is 3.20. The van der Waals surface area contributed by atoms with Gasteiger partial charge in [-0.15, -0.1) is 0 Å². The van der Waals surface area contributed by atoms with E-state index in [1.165, 1.54) is 17.8 Å². The summed E-state index contributed by atoms with van der Waals surface area (Å²) in [6.07, 6.45) is 3.94. The molecule has 1 N–H and O–H groups in total. The number of hydrogen-bond acceptors (Lipinski definition) is 4. The van der Waals surface area contributed by atoms with Gasteiger partial charge in [0.15, 0.2) is 5.16 Å². The van der Waals surface area contributed by atoms with Gasteiger partial charge in [0.1, 0.15) is 0 Å². The molecule has 0 radical (unpaired) electrons. The van der Waals surface area contributed by atoms with Gasteiger partial charge >= 0.3 is 0 Å². The van der Waals surface area contributed by atoms with Crippen molar-refractivity contribution >= 4 is 17.7 Å². The largest absolute Gasteiger partial charge is 0.335 e. The molecule has 1 amide bonds. The summed E-state index contributed by atoms with van der Waals surface area (Å²) in [4.78, 5) is 31.4. The van der Waals surface area contributed by atoms with E-state index in [1.807, 2.05) is 12.2 Å². The van der Waals surface area contributed by atoms with Crippen LogP contribution < -0.4 is 5.56 Å². The first kappa shape index (κ1) is 11.9. The summed E-state index contributed by atoms with van der Waals surface area (Å²) in [6.45, 7) is 3.11. The number of carbonyl (C=O) groups is 1. The number of nitrogens with zero attached hydrogens (tertiary/aromatic N) is 2. The predicted molar refractivity (Wildman–Crippen MR) is 66.0 cm³/mol. The molecule has 2 heterocycles. The van der Waals surface area contributed by atoms with E-state index in [1.54, 1.807) is 11.8 Å². The molecule has 0 aliphatic carbocycles. The Balaban J connectivity index is 1.93. The summed E-state index contributed by atoms with van der Waals surface area (Å²) in [5.41, 5.74) is 0.474. The van der Waals surface area contributed by atoms with E-state index in [4.69, 9.17) is 0 Å². The summed E-state index contributed by atoms with van der Waals surface area (Å²) in [7, 11) is 0. The zero-order valence-corrected chi connectivity index (χ0v) is 10.3. The zero-order valence-electron chi connectivity index (χ0n) is 9.47. The number of amides is 1. The van der Waals surface area contributed by atoms with E-state index >= 15 is 0 Å². The molecule has 5 nitrogen and oxygen atoms in total. The molecule has 0 saturated heterocycles. The summed E-state index contributed by atoms with van der Waals surface area (Å²) in [5.74, 6) is 0.359. The Hall–Kier alpha value is -1.56. The average molecular weight is 251 g/mol. The Morgan fingerprint density at radius 2 is 2.24 bits per heavy atom. The molecule has 2 rings (SSSR count). The van der Waals surface area contributed by atoms with E-state index in [-0.39, 0.29) is 11.5 Å². The minimum atomic E-state index is -0.185. The number of rotatable bonds is 3. The van der Waals surface area contributed by atoms with Crippen LogP contribution in [0.3, 0.4) is 0 Å². The third-order valence-electron chi connectivity index (χ3n) is 2.35. The summed E-state index contributed by atoms with van der Waals surface area (Å²) in [5, 5.41) is 0.496. The van der Waals surface area contributed by atoms with Gasteiger partial charge in [-0.1, -0.05) is 23.9 Å². The molecule has 0 aromatic carbocycles. The minimum absolute atomic E-state index is 0.0594. The first-order valence-corrected chi connectivity index (χ1v) is 6.27. The number of hydrogen-bond donors (Lipinski definition) is 1. The molecular formula is C11H13N3O2S. The SMILES string of the molecule is Cc1cc(=O)[nH]c(SCC(=O)N2CC=CC2)n1. The van der Waals surface area contributed by atoms with Crippen LogP contribution >= 0.6 is 11.8 Å². The summed E-state index contributed by atoms with van der Waals surface area (Å²) >= 11 is 1.26.